The summed E-state index contributed by atoms with van der Waals surface area (Å²) in [5, 5.41) is 0. The second-order valence-electron chi connectivity index (χ2n) is 21.8. The van der Waals surface area contributed by atoms with Crippen LogP contribution in [0.15, 0.2) is 341 Å². The van der Waals surface area contributed by atoms with Gasteiger partial charge in [-0.1, -0.05) is 196 Å². The second-order valence-corrected chi connectivity index (χ2v) is 27.9. The van der Waals surface area contributed by atoms with E-state index in [4.69, 9.17) is 69.1 Å². The average Bonchev–Trinajstić information content (AvgIpc) is 0.731. The van der Waals surface area contributed by atoms with E-state index in [0.29, 0.717) is 109 Å². The SMILES string of the molecule is c1ccc(COc2ccc(OP3(Oc4ccc(OCc5ccccc5)cc4)=NP(Oc4ccc(OCc5ccccc5)cc4)(Oc4ccc(OCc5ccccc5)cc4)=NP(Oc4ccc(OCc5ccccc5)cc4)(Oc4ccc(OCc5ccccc5)cc4)=N3)cc2)cc1. The molecule has 0 bridgehead atoms. The maximum Gasteiger partial charge on any atom is 0.460 e. The van der Waals surface area contributed by atoms with Crippen molar-refractivity contribution < 1.29 is 55.6 Å². The average molecular weight is 1330 g/mol. The minimum atomic E-state index is -4.42. The van der Waals surface area contributed by atoms with Gasteiger partial charge < -0.3 is 55.6 Å². The maximum atomic E-state index is 7.30. The van der Waals surface area contributed by atoms with Crippen LogP contribution in [0.1, 0.15) is 33.4 Å². The molecule has 15 nitrogen and oxygen atoms in total. The number of benzene rings is 12. The number of nitrogens with zero attached hydrogens (tertiary/aromatic N) is 3. The van der Waals surface area contributed by atoms with Crippen LogP contribution < -0.4 is 55.6 Å². The normalized spacial score (nSPS) is 13.1. The summed E-state index contributed by atoms with van der Waals surface area (Å²) >= 11 is 0. The molecule has 480 valence electrons. The monoisotopic (exact) mass is 1330 g/mol. The van der Waals surface area contributed by atoms with Crippen molar-refractivity contribution in [1.29, 1.82) is 0 Å². The van der Waals surface area contributed by atoms with Crippen molar-refractivity contribution in [2.75, 3.05) is 0 Å². The van der Waals surface area contributed by atoms with Crippen LogP contribution in [0.2, 0.25) is 0 Å². The number of ether oxygens (including phenoxy) is 6. The lowest BCUT2D eigenvalue weighted by molar-refractivity contribution is 0.305. The Morgan fingerprint density at radius 1 is 0.156 bits per heavy atom. The van der Waals surface area contributed by atoms with Crippen LogP contribution in [0.4, 0.5) is 0 Å². The molecule has 12 aromatic rings. The molecule has 0 fully saturated rings. The molecule has 0 spiro atoms. The van der Waals surface area contributed by atoms with Crippen molar-refractivity contribution >= 4 is 23.0 Å². The standard InChI is InChI=1S/C78H66N3O12P3/c1-7-19-61(20-8-1)55-82-67-31-43-73(44-32-67)88-94(89-74-45-33-68(34-46-74)83-56-62-21-9-2-10-22-62)79-95(90-75-47-35-69(36-48-75)84-57-63-23-11-3-12-24-63,91-76-49-37-70(38-50-76)85-58-64-25-13-4-14-26-64)81-96(80-94,92-77-51-39-71(40-52-77)86-59-65-27-15-5-16-28-65)93-78-53-41-72(42-54-78)87-60-66-29-17-6-18-30-66/h1-54H,55-60H2. The highest BCUT2D eigenvalue weighted by molar-refractivity contribution is 7.79. The molecule has 0 aliphatic carbocycles. The predicted octanol–water partition coefficient (Wildman–Crippen LogP) is 21.8. The van der Waals surface area contributed by atoms with Crippen LogP contribution in [0.5, 0.6) is 69.0 Å². The highest BCUT2D eigenvalue weighted by Crippen LogP contribution is 2.78. The van der Waals surface area contributed by atoms with E-state index in [1.807, 2.05) is 182 Å². The number of rotatable bonds is 30. The molecular weight excluding hydrogens is 1260 g/mol. The van der Waals surface area contributed by atoms with Crippen LogP contribution >= 0.6 is 23.0 Å². The van der Waals surface area contributed by atoms with Gasteiger partial charge in [0.15, 0.2) is 0 Å². The Labute approximate surface area is 558 Å². The predicted molar refractivity (Wildman–Crippen MR) is 375 cm³/mol. The summed E-state index contributed by atoms with van der Waals surface area (Å²) in [4.78, 5) is 0. The Kier molecular flexibility index (Phi) is 20.7. The zero-order valence-corrected chi connectivity index (χ0v) is 54.7. The summed E-state index contributed by atoms with van der Waals surface area (Å²) in [5.41, 5.74) is 6.02. The first kappa shape index (κ1) is 63.7. The molecule has 0 amide bonds. The van der Waals surface area contributed by atoms with Crippen molar-refractivity contribution in [2.24, 2.45) is 13.5 Å². The highest BCUT2D eigenvalue weighted by Gasteiger charge is 2.49. The van der Waals surface area contributed by atoms with E-state index >= 15 is 0 Å². The van der Waals surface area contributed by atoms with Crippen molar-refractivity contribution in [1.82, 2.24) is 0 Å². The van der Waals surface area contributed by atoms with Crippen LogP contribution in [0.3, 0.4) is 0 Å². The van der Waals surface area contributed by atoms with Gasteiger partial charge in [0.2, 0.25) is 0 Å². The van der Waals surface area contributed by atoms with Gasteiger partial charge in [0, 0.05) is 0 Å². The largest absolute Gasteiger partial charge is 0.489 e. The summed E-state index contributed by atoms with van der Waals surface area (Å²) in [6.45, 7) is 2.01. The molecule has 12 aromatic carbocycles. The fourth-order valence-corrected chi connectivity index (χ4v) is 18.7. The molecule has 96 heavy (non-hydrogen) atoms. The minimum absolute atomic E-state index is 0.295. The molecule has 0 unspecified atom stereocenters. The molecule has 0 N–H and O–H groups in total. The van der Waals surface area contributed by atoms with Crippen LogP contribution in [0.25, 0.3) is 0 Å². The zero-order chi connectivity index (χ0) is 64.9. The van der Waals surface area contributed by atoms with Gasteiger partial charge in [-0.15, -0.1) is 0 Å². The van der Waals surface area contributed by atoms with E-state index in [1.54, 1.807) is 146 Å². The third kappa shape index (κ3) is 18.2. The summed E-state index contributed by atoms with van der Waals surface area (Å²) in [7, 11) is -13.3. The Bertz CT molecular complexity index is 3810. The van der Waals surface area contributed by atoms with Gasteiger partial charge in [-0.3, -0.25) is 0 Å². The first-order valence-electron chi connectivity index (χ1n) is 31.0. The molecule has 1 aliphatic rings. The van der Waals surface area contributed by atoms with Crippen molar-refractivity contribution in [3.05, 3.63) is 361 Å². The molecular formula is C78H66N3O12P3. The van der Waals surface area contributed by atoms with E-state index in [-0.39, 0.29) is 0 Å². The third-order valence-corrected chi connectivity index (χ3v) is 22.6. The van der Waals surface area contributed by atoms with Gasteiger partial charge in [0.25, 0.3) is 0 Å². The Balaban J connectivity index is 0.969. The van der Waals surface area contributed by atoms with Gasteiger partial charge in [-0.2, -0.15) is 0 Å². The lowest BCUT2D eigenvalue weighted by Gasteiger charge is -2.33. The summed E-state index contributed by atoms with van der Waals surface area (Å²) in [5.74, 6) is 5.27. The van der Waals surface area contributed by atoms with Crippen molar-refractivity contribution in [3.8, 4) is 69.0 Å². The van der Waals surface area contributed by atoms with Crippen LogP contribution in [-0.4, -0.2) is 0 Å². The van der Waals surface area contributed by atoms with Crippen molar-refractivity contribution in [2.45, 2.75) is 39.6 Å². The second kappa shape index (κ2) is 31.2. The Morgan fingerprint density at radius 3 is 0.417 bits per heavy atom. The number of hydrogen-bond acceptors (Lipinski definition) is 15. The first-order valence-corrected chi connectivity index (χ1v) is 35.6. The molecule has 0 atom stereocenters. The molecule has 13 rings (SSSR count). The first-order chi connectivity index (χ1) is 47.3. The van der Waals surface area contributed by atoms with Crippen molar-refractivity contribution in [3.63, 3.8) is 0 Å². The molecule has 18 heteroatoms. The van der Waals surface area contributed by atoms with Crippen LogP contribution in [-0.2, 0) is 39.6 Å². The fraction of sp³-hybridized carbons (Fsp3) is 0.0769. The zero-order valence-electron chi connectivity index (χ0n) is 52.0. The van der Waals surface area contributed by atoms with E-state index in [2.05, 4.69) is 0 Å². The van der Waals surface area contributed by atoms with Gasteiger partial charge in [0.05, 0.1) is 0 Å². The van der Waals surface area contributed by atoms with Gasteiger partial charge >= 0.3 is 23.0 Å². The lowest BCUT2D eigenvalue weighted by atomic mass is 10.2. The van der Waals surface area contributed by atoms with Gasteiger partial charge in [-0.05, 0) is 179 Å². The van der Waals surface area contributed by atoms with E-state index in [0.717, 1.165) is 33.4 Å². The molecule has 0 radical (unpaired) electrons. The summed E-state index contributed by atoms with van der Waals surface area (Å²) in [6.07, 6.45) is 0. The highest BCUT2D eigenvalue weighted by atomic mass is 31.3. The number of hydrogen-bond donors (Lipinski definition) is 0. The molecule has 0 aromatic heterocycles. The molecule has 1 heterocycles. The van der Waals surface area contributed by atoms with Crippen LogP contribution in [0, 0.1) is 0 Å². The van der Waals surface area contributed by atoms with Gasteiger partial charge in [0.1, 0.15) is 109 Å². The smallest absolute Gasteiger partial charge is 0.460 e. The lowest BCUT2D eigenvalue weighted by Crippen LogP contribution is -2.11. The Hall–Kier alpha value is -11.1. The van der Waals surface area contributed by atoms with Gasteiger partial charge in [-0.25, -0.2) is 0 Å². The van der Waals surface area contributed by atoms with E-state index < -0.39 is 23.0 Å². The van der Waals surface area contributed by atoms with E-state index in [9.17, 15) is 0 Å². The summed E-state index contributed by atoms with van der Waals surface area (Å²) < 4.78 is 98.1. The molecule has 0 saturated heterocycles. The maximum absolute atomic E-state index is 7.30. The fourth-order valence-electron chi connectivity index (χ4n) is 9.61. The Morgan fingerprint density at radius 2 is 0.281 bits per heavy atom. The molecule has 1 aliphatic heterocycles. The minimum Gasteiger partial charge on any atom is -0.489 e. The third-order valence-electron chi connectivity index (χ3n) is 14.5. The molecule has 0 saturated carbocycles. The topological polar surface area (TPSA) is 148 Å². The quantitative estimate of drug-likeness (QED) is 0.0395. The summed E-state index contributed by atoms with van der Waals surface area (Å²) in [6, 6.07) is 102. The van der Waals surface area contributed by atoms with E-state index in [1.165, 1.54) is 0 Å².